The largest absolute Gasteiger partial charge is 0.382 e. The normalized spacial score (nSPS) is 25.0. The zero-order valence-corrected chi connectivity index (χ0v) is 44.8. The molecular weight excluding hydrogens is 1030 g/mol. The van der Waals surface area contributed by atoms with Crippen molar-refractivity contribution < 1.29 is 41.5 Å². The van der Waals surface area contributed by atoms with Crippen LogP contribution in [0, 0.1) is 0 Å². The lowest BCUT2D eigenvalue weighted by atomic mass is 10.2. The smallest absolute Gasteiger partial charge is 0.345 e. The Hall–Kier alpha value is -5.14. The Kier molecular flexibility index (Phi) is 15.6. The van der Waals surface area contributed by atoms with Gasteiger partial charge in [-0.2, -0.15) is 9.97 Å². The maximum atomic E-state index is 15.6. The molecule has 6 aromatic heterocycles. The van der Waals surface area contributed by atoms with Crippen molar-refractivity contribution >= 4 is 74.7 Å². The lowest BCUT2D eigenvalue weighted by molar-refractivity contribution is -0.140. The predicted molar refractivity (Wildman–Crippen MR) is 270 cm³/mol. The Morgan fingerprint density at radius 2 is 1.09 bits per heavy atom. The number of rotatable bonds is 18. The molecule has 0 saturated carbocycles. The summed E-state index contributed by atoms with van der Waals surface area (Å²) in [6.07, 6.45) is 0.681. The molecule has 0 aromatic carbocycles. The van der Waals surface area contributed by atoms with Crippen molar-refractivity contribution in [2.75, 3.05) is 119 Å². The average Bonchev–Trinajstić information content (AvgIpc) is 4.12. The van der Waals surface area contributed by atoms with Crippen LogP contribution in [-0.4, -0.2) is 213 Å². The number of imidazole rings is 3. The van der Waals surface area contributed by atoms with E-state index in [0.717, 1.165) is 0 Å². The molecular formula is C39H62N21O11P3. The third kappa shape index (κ3) is 10.7. The van der Waals surface area contributed by atoms with Crippen molar-refractivity contribution in [2.45, 2.75) is 56.9 Å². The minimum Gasteiger partial charge on any atom is -0.382 e. The number of fused-ring (bicyclic) bond motifs is 3. The fourth-order valence-corrected chi connectivity index (χ4v) is 13.5. The molecule has 0 bridgehead atoms. The molecule has 0 spiro atoms. The molecule has 0 aliphatic carbocycles. The highest BCUT2D eigenvalue weighted by Gasteiger charge is 2.47. The van der Waals surface area contributed by atoms with Gasteiger partial charge in [0.05, 0.1) is 70.2 Å². The molecule has 8 N–H and O–H groups in total. The van der Waals surface area contributed by atoms with Crippen LogP contribution in [0.4, 0.5) is 17.7 Å². The highest BCUT2D eigenvalue weighted by Crippen LogP contribution is 2.57. The summed E-state index contributed by atoms with van der Waals surface area (Å²) in [6, 6.07) is 0.0625. The first-order valence-electron chi connectivity index (χ1n) is 23.4. The monoisotopic (exact) mass is 1090 g/mol. The first-order chi connectivity index (χ1) is 35.1. The summed E-state index contributed by atoms with van der Waals surface area (Å²) in [4.78, 5) is 62.7. The number of aromatic nitrogens is 12. The summed E-state index contributed by atoms with van der Waals surface area (Å²) >= 11 is 0. The van der Waals surface area contributed by atoms with Gasteiger partial charge >= 0.3 is 15.3 Å². The number of anilines is 3. The summed E-state index contributed by atoms with van der Waals surface area (Å²) in [7, 11) is -1.01. The van der Waals surface area contributed by atoms with E-state index in [2.05, 4.69) is 49.8 Å². The van der Waals surface area contributed by atoms with Crippen LogP contribution in [0.2, 0.25) is 0 Å². The molecule has 3 unspecified atom stereocenters. The van der Waals surface area contributed by atoms with Gasteiger partial charge in [0.25, 0.3) is 19.3 Å². The van der Waals surface area contributed by atoms with E-state index in [-0.39, 0.29) is 92.1 Å². The predicted octanol–water partition coefficient (Wildman–Crippen LogP) is 0.186. The molecule has 0 amide bonds. The first kappa shape index (κ1) is 53.7. The van der Waals surface area contributed by atoms with Gasteiger partial charge in [-0.05, 0) is 56.1 Å². The lowest BCUT2D eigenvalue weighted by Gasteiger charge is -2.45. The zero-order valence-electron chi connectivity index (χ0n) is 42.0. The molecule has 3 saturated heterocycles. The SMILES string of the molecule is CC(C)N1C[C@@H](COP(=O)(N(C)C)N2C[C@@H](COP(=O)(N(C)C)N3C[C@@H](CO[PH](=O)N(C)C)O[C@@H](n4cnc5c(=O)[nH]c(N)nc54)C3)O[C@@H](n3cnc4c(N)ncnc43)C2)O[C@@H](n2cnc3c(=O)[nH]c(N)nc32)C1. The van der Waals surface area contributed by atoms with E-state index in [1.165, 1.54) is 43.9 Å². The van der Waals surface area contributed by atoms with Crippen molar-refractivity contribution in [3.8, 4) is 0 Å². The molecule has 3 aliphatic rings. The number of hydrogen-bond acceptors (Lipinski definition) is 22. The summed E-state index contributed by atoms with van der Waals surface area (Å²) in [5.74, 6) is -0.0789. The van der Waals surface area contributed by atoms with E-state index < -0.39 is 71.6 Å². The quantitative estimate of drug-likeness (QED) is 0.0717. The Morgan fingerprint density at radius 1 is 0.649 bits per heavy atom. The van der Waals surface area contributed by atoms with E-state index >= 15 is 9.13 Å². The zero-order chi connectivity index (χ0) is 53.0. The molecule has 9 heterocycles. The molecule has 35 heteroatoms. The molecule has 9 rings (SSSR count). The number of H-pyrrole nitrogens is 2. The molecule has 6 aromatic rings. The van der Waals surface area contributed by atoms with Crippen molar-refractivity contribution in [3.05, 3.63) is 46.0 Å². The third-order valence-corrected chi connectivity index (χ3v) is 18.9. The van der Waals surface area contributed by atoms with Crippen LogP contribution in [0.25, 0.3) is 33.5 Å². The maximum absolute atomic E-state index is 15.6. The second kappa shape index (κ2) is 21.5. The van der Waals surface area contributed by atoms with E-state index in [1.807, 2.05) is 13.8 Å². The maximum Gasteiger partial charge on any atom is 0.345 e. The van der Waals surface area contributed by atoms with Crippen molar-refractivity contribution in [2.24, 2.45) is 0 Å². The van der Waals surface area contributed by atoms with Gasteiger partial charge in [-0.1, -0.05) is 0 Å². The topological polar surface area (TPSA) is 375 Å². The van der Waals surface area contributed by atoms with Crippen LogP contribution < -0.4 is 28.3 Å². The summed E-state index contributed by atoms with van der Waals surface area (Å²) in [6.45, 7) is 4.18. The minimum atomic E-state index is -4.07. The number of hydrogen-bond donors (Lipinski definition) is 5. The Balaban J connectivity index is 0.998. The van der Waals surface area contributed by atoms with Crippen LogP contribution in [-0.2, 0) is 41.5 Å². The lowest BCUT2D eigenvalue weighted by Crippen LogP contribution is -2.51. The van der Waals surface area contributed by atoms with Crippen LogP contribution >= 0.6 is 23.5 Å². The standard InChI is InChI=1S/C39H62N21O11P3/c1-22(2)55-9-23(69-26(12-55)59-20-46-30-34(59)48-38(41)50-36(30)61)16-67-74(65,54(7)8)57-11-25(71-27(13-57)58-19-45-29-32(40)43-18-44-33(29)58)17-68-73(64,53(5)6)56-10-24(15-66-72(63)52(3)4)70-28(14-56)60-21-47-31-35(60)49-39(42)51-37(31)62/h18-28,72H,9-17H2,1-8H3,(H2,40,43,44)(H3,41,48,50,61)(H3,42,49,51,62)/t23-,24-,25-,26+,27+,28+,73?,74?/m0/s1. The Labute approximate surface area is 423 Å². The molecule has 3 fully saturated rings. The van der Waals surface area contributed by atoms with Crippen molar-refractivity contribution in [1.82, 2.24) is 86.8 Å². The van der Waals surface area contributed by atoms with Crippen molar-refractivity contribution in [1.29, 1.82) is 0 Å². The number of morpholine rings is 3. The molecule has 74 heavy (non-hydrogen) atoms. The first-order valence-corrected chi connectivity index (χ1v) is 27.7. The second-order valence-corrected chi connectivity index (χ2v) is 25.7. The van der Waals surface area contributed by atoms with Gasteiger partial charge in [0.1, 0.15) is 30.5 Å². The Morgan fingerprint density at radius 3 is 1.57 bits per heavy atom. The van der Waals surface area contributed by atoms with Crippen LogP contribution in [0.1, 0.15) is 32.5 Å². The number of ether oxygens (including phenoxy) is 3. The van der Waals surface area contributed by atoms with Gasteiger partial charge < -0.3 is 45.0 Å². The number of aromatic amines is 2. The van der Waals surface area contributed by atoms with Gasteiger partial charge in [0, 0.05) is 32.2 Å². The number of nitrogen functional groups attached to an aromatic ring is 3. The van der Waals surface area contributed by atoms with Gasteiger partial charge in [0.15, 0.2) is 33.8 Å². The van der Waals surface area contributed by atoms with Gasteiger partial charge in [-0.3, -0.25) is 51.9 Å². The van der Waals surface area contributed by atoms with Gasteiger partial charge in [0.2, 0.25) is 11.9 Å². The Bertz CT molecular complexity index is 3240. The molecule has 9 atom stereocenters. The molecule has 32 nitrogen and oxygen atoms in total. The molecule has 3 aliphatic heterocycles. The number of nitrogens with two attached hydrogens (primary N) is 3. The summed E-state index contributed by atoms with van der Waals surface area (Å²) < 4.78 is 95.0. The summed E-state index contributed by atoms with van der Waals surface area (Å²) in [5.41, 5.74) is 18.1. The highest BCUT2D eigenvalue weighted by atomic mass is 31.2. The van der Waals surface area contributed by atoms with Gasteiger partial charge in [-0.15, -0.1) is 0 Å². The third-order valence-electron chi connectivity index (χ3n) is 12.7. The number of nitrogens with zero attached hydrogens (tertiary/aromatic N) is 16. The fraction of sp³-hybridized carbons (Fsp3) is 0.615. The number of nitrogens with one attached hydrogen (secondary N) is 2. The molecule has 404 valence electrons. The van der Waals surface area contributed by atoms with E-state index in [9.17, 15) is 14.2 Å². The minimum absolute atomic E-state index is 0.00312. The van der Waals surface area contributed by atoms with Crippen molar-refractivity contribution in [3.63, 3.8) is 0 Å². The second-order valence-electron chi connectivity index (χ2n) is 18.8. The van der Waals surface area contributed by atoms with E-state index in [0.29, 0.717) is 24.3 Å². The van der Waals surface area contributed by atoms with E-state index in [4.69, 9.17) is 45.0 Å². The van der Waals surface area contributed by atoms with Crippen LogP contribution in [0.5, 0.6) is 0 Å². The van der Waals surface area contributed by atoms with Crippen LogP contribution in [0.3, 0.4) is 0 Å². The average molecular weight is 1090 g/mol. The summed E-state index contributed by atoms with van der Waals surface area (Å²) in [5, 5.41) is 0. The van der Waals surface area contributed by atoms with E-state index in [1.54, 1.807) is 60.8 Å². The van der Waals surface area contributed by atoms with Crippen LogP contribution in [0.15, 0.2) is 34.9 Å². The fourth-order valence-electron chi connectivity index (χ4n) is 8.95. The molecule has 0 radical (unpaired) electrons. The van der Waals surface area contributed by atoms with Gasteiger partial charge in [-0.25, -0.2) is 48.3 Å². The highest BCUT2D eigenvalue weighted by molar-refractivity contribution is 7.54.